The molecule has 0 radical (unpaired) electrons. The Morgan fingerprint density at radius 3 is 2.42 bits per heavy atom. The van der Waals surface area contributed by atoms with Crippen molar-refractivity contribution in [3.8, 4) is 0 Å². The molecule has 5 heteroatoms. The number of anilines is 1. The topological polar surface area (TPSA) is 45.1 Å². The van der Waals surface area contributed by atoms with E-state index >= 15 is 0 Å². The molecule has 2 heterocycles. The smallest absolute Gasteiger partial charge is 0.257 e. The van der Waals surface area contributed by atoms with E-state index in [-0.39, 0.29) is 11.9 Å². The molecule has 2 saturated heterocycles. The molecule has 1 amide bonds. The molecule has 31 heavy (non-hydrogen) atoms. The molecule has 1 atom stereocenters. The Morgan fingerprint density at radius 2 is 1.71 bits per heavy atom. The molecule has 0 bridgehead atoms. The van der Waals surface area contributed by atoms with Crippen LogP contribution in [0.1, 0.15) is 44.2 Å². The van der Waals surface area contributed by atoms with Gasteiger partial charge in [0.1, 0.15) is 6.61 Å². The van der Waals surface area contributed by atoms with Gasteiger partial charge in [-0.1, -0.05) is 60.1 Å². The van der Waals surface area contributed by atoms with Gasteiger partial charge in [0.25, 0.3) is 5.91 Å². The summed E-state index contributed by atoms with van der Waals surface area (Å²) in [5.74, 6) is 0.0136. The van der Waals surface area contributed by atoms with Crippen molar-refractivity contribution in [2.24, 2.45) is 5.16 Å². The molecule has 2 aliphatic heterocycles. The molecule has 0 saturated carbocycles. The third kappa shape index (κ3) is 5.23. The first-order chi connectivity index (χ1) is 15.2. The van der Waals surface area contributed by atoms with Gasteiger partial charge in [0, 0.05) is 17.8 Å². The summed E-state index contributed by atoms with van der Waals surface area (Å²) < 4.78 is 0. The molecule has 5 nitrogen and oxygen atoms in total. The number of allylic oxidation sites excluding steroid dienone is 1. The molecule has 0 N–H and O–H groups in total. The minimum atomic E-state index is -0.111. The van der Waals surface area contributed by atoms with Crippen LogP contribution in [0.15, 0.2) is 77.5 Å². The fourth-order valence-corrected chi connectivity index (χ4v) is 4.34. The number of carbonyl (C=O) groups excluding carboxylic acids is 1. The summed E-state index contributed by atoms with van der Waals surface area (Å²) >= 11 is 0. The number of amides is 1. The molecule has 4 rings (SSSR count). The Hall–Kier alpha value is -2.92. The molecule has 1 unspecified atom stereocenters. The predicted molar refractivity (Wildman–Crippen MR) is 125 cm³/mol. The lowest BCUT2D eigenvalue weighted by molar-refractivity contribution is -0.119. The molecule has 2 aliphatic rings. The van der Waals surface area contributed by atoms with Crippen molar-refractivity contribution < 1.29 is 9.63 Å². The lowest BCUT2D eigenvalue weighted by Gasteiger charge is -2.43. The summed E-state index contributed by atoms with van der Waals surface area (Å²) in [6, 6.07) is 19.8. The highest BCUT2D eigenvalue weighted by atomic mass is 16.6. The van der Waals surface area contributed by atoms with E-state index in [1.807, 2.05) is 66.4 Å². The number of hydrogen-bond donors (Lipinski definition) is 0. The lowest BCUT2D eigenvalue weighted by Crippen LogP contribution is -2.49. The van der Waals surface area contributed by atoms with Crippen LogP contribution in [-0.2, 0) is 9.63 Å². The van der Waals surface area contributed by atoms with Crippen molar-refractivity contribution in [2.75, 3.05) is 31.1 Å². The van der Waals surface area contributed by atoms with Gasteiger partial charge in [0.15, 0.2) is 0 Å². The fraction of sp³-hybridized carbons (Fsp3) is 0.385. The molecule has 0 aromatic heterocycles. The van der Waals surface area contributed by atoms with Gasteiger partial charge in [-0.25, -0.2) is 0 Å². The maximum absolute atomic E-state index is 13.0. The Morgan fingerprint density at radius 1 is 1.03 bits per heavy atom. The molecular formula is C26H31N3O2. The lowest BCUT2D eigenvalue weighted by atomic mass is 9.86. The van der Waals surface area contributed by atoms with Crippen molar-refractivity contribution in [3.63, 3.8) is 0 Å². The number of likely N-dealkylation sites (tertiary alicyclic amines) is 1. The standard InChI is InChI=1S/C26H31N3O2/c1-21(27-31-19-11-18-28-16-9-4-10-17-28)20-24-25(22-12-5-2-6-13-22)29(26(24)30)23-14-7-3-8-15-23/h2-3,5-8,12-15,20,25H,4,9-11,16-19H2,1H3. The number of hydrogen-bond acceptors (Lipinski definition) is 4. The maximum atomic E-state index is 13.0. The monoisotopic (exact) mass is 417 g/mol. The molecule has 162 valence electrons. The normalized spacial score (nSPS) is 21.3. The van der Waals surface area contributed by atoms with Gasteiger partial charge in [-0.15, -0.1) is 0 Å². The highest BCUT2D eigenvalue weighted by molar-refractivity contribution is 6.18. The number of rotatable bonds is 8. The maximum Gasteiger partial charge on any atom is 0.257 e. The minimum Gasteiger partial charge on any atom is -0.396 e. The third-order valence-corrected chi connectivity index (χ3v) is 5.90. The molecule has 2 aromatic rings. The second-order valence-electron chi connectivity index (χ2n) is 8.25. The number of nitrogens with zero attached hydrogens (tertiary/aromatic N) is 3. The Bertz CT molecular complexity index is 918. The van der Waals surface area contributed by atoms with Crippen molar-refractivity contribution >= 4 is 17.3 Å². The molecule has 0 spiro atoms. The third-order valence-electron chi connectivity index (χ3n) is 5.90. The molecule has 0 aliphatic carbocycles. The van der Waals surface area contributed by atoms with Gasteiger partial charge in [0.2, 0.25) is 0 Å². The van der Waals surface area contributed by atoms with Crippen LogP contribution in [0.25, 0.3) is 0 Å². The Kier molecular flexibility index (Phi) is 7.15. The van der Waals surface area contributed by atoms with Gasteiger partial charge in [-0.3, -0.25) is 9.69 Å². The number of oxime groups is 1. The average molecular weight is 418 g/mol. The van der Waals surface area contributed by atoms with E-state index in [9.17, 15) is 4.79 Å². The highest BCUT2D eigenvalue weighted by Crippen LogP contribution is 2.42. The van der Waals surface area contributed by atoms with E-state index < -0.39 is 0 Å². The first-order valence-electron chi connectivity index (χ1n) is 11.3. The van der Waals surface area contributed by atoms with Crippen LogP contribution < -0.4 is 4.90 Å². The summed E-state index contributed by atoms with van der Waals surface area (Å²) in [6.07, 6.45) is 6.81. The van der Waals surface area contributed by atoms with Crippen LogP contribution in [0.5, 0.6) is 0 Å². The van der Waals surface area contributed by atoms with Gasteiger partial charge in [-0.2, -0.15) is 0 Å². The van der Waals surface area contributed by atoms with E-state index in [0.717, 1.165) is 35.5 Å². The quantitative estimate of drug-likeness (QED) is 0.200. The number of para-hydroxylation sites is 1. The zero-order valence-electron chi connectivity index (χ0n) is 18.2. The second kappa shape index (κ2) is 10.4. The Labute approximate surface area is 185 Å². The number of piperidine rings is 1. The average Bonchev–Trinajstić information content (AvgIpc) is 2.82. The highest BCUT2D eigenvalue weighted by Gasteiger charge is 2.43. The van der Waals surface area contributed by atoms with Gasteiger partial charge >= 0.3 is 0 Å². The van der Waals surface area contributed by atoms with Crippen LogP contribution in [0.3, 0.4) is 0 Å². The van der Waals surface area contributed by atoms with Crippen LogP contribution >= 0.6 is 0 Å². The zero-order valence-corrected chi connectivity index (χ0v) is 18.2. The van der Waals surface area contributed by atoms with Gasteiger partial charge in [0.05, 0.1) is 11.8 Å². The minimum absolute atomic E-state index is 0.0136. The van der Waals surface area contributed by atoms with Crippen LogP contribution in [0.2, 0.25) is 0 Å². The predicted octanol–water partition coefficient (Wildman–Crippen LogP) is 4.97. The van der Waals surface area contributed by atoms with E-state index in [4.69, 9.17) is 4.84 Å². The van der Waals surface area contributed by atoms with E-state index in [1.54, 1.807) is 0 Å². The summed E-state index contributed by atoms with van der Waals surface area (Å²) in [5.41, 5.74) is 3.46. The molecule has 2 aromatic carbocycles. The summed E-state index contributed by atoms with van der Waals surface area (Å²) in [5, 5.41) is 4.24. The van der Waals surface area contributed by atoms with Crippen molar-refractivity contribution in [3.05, 3.63) is 77.9 Å². The Balaban J connectivity index is 1.40. The molecule has 2 fully saturated rings. The number of carbonyl (C=O) groups is 1. The van der Waals surface area contributed by atoms with E-state index in [0.29, 0.717) is 6.61 Å². The largest absolute Gasteiger partial charge is 0.396 e. The van der Waals surface area contributed by atoms with Crippen molar-refractivity contribution in [1.29, 1.82) is 0 Å². The van der Waals surface area contributed by atoms with Crippen LogP contribution in [-0.4, -0.2) is 42.8 Å². The first-order valence-corrected chi connectivity index (χ1v) is 11.3. The second-order valence-corrected chi connectivity index (χ2v) is 8.25. The summed E-state index contributed by atoms with van der Waals surface area (Å²) in [7, 11) is 0. The fourth-order valence-electron chi connectivity index (χ4n) is 4.34. The number of β-lactam (4-membered cyclic amide) rings is 1. The summed E-state index contributed by atoms with van der Waals surface area (Å²) in [4.78, 5) is 22.9. The van der Waals surface area contributed by atoms with E-state index in [1.165, 1.54) is 32.4 Å². The van der Waals surface area contributed by atoms with E-state index in [2.05, 4.69) is 22.2 Å². The van der Waals surface area contributed by atoms with Crippen LogP contribution in [0.4, 0.5) is 5.69 Å². The first kappa shape index (κ1) is 21.3. The van der Waals surface area contributed by atoms with Crippen LogP contribution in [0, 0.1) is 0 Å². The van der Waals surface area contributed by atoms with Gasteiger partial charge < -0.3 is 9.74 Å². The van der Waals surface area contributed by atoms with Gasteiger partial charge in [-0.05, 0) is 63.0 Å². The molecular weight excluding hydrogens is 386 g/mol. The van der Waals surface area contributed by atoms with Crippen molar-refractivity contribution in [1.82, 2.24) is 4.90 Å². The number of benzene rings is 2. The zero-order chi connectivity index (χ0) is 21.5. The van der Waals surface area contributed by atoms with Crippen molar-refractivity contribution in [2.45, 2.75) is 38.6 Å². The SMILES string of the molecule is CC(C=C1C(=O)N(c2ccccc2)C1c1ccccc1)=NOCCCN1CCCCC1. The summed E-state index contributed by atoms with van der Waals surface area (Å²) in [6.45, 7) is 5.96.